The zero-order valence-electron chi connectivity index (χ0n) is 6.85. The molecule has 0 amide bonds. The van der Waals surface area contributed by atoms with Gasteiger partial charge in [-0.25, -0.2) is 0 Å². The molecular weight excluding hydrogens is 210 g/mol. The normalized spacial score (nSPS) is 12.8. The lowest BCUT2D eigenvalue weighted by atomic mass is 10.4. The van der Waals surface area contributed by atoms with Crippen molar-refractivity contribution in [1.29, 1.82) is 0 Å². The minimum absolute atomic E-state index is 0.226. The van der Waals surface area contributed by atoms with Crippen molar-refractivity contribution in [3.8, 4) is 0 Å². The van der Waals surface area contributed by atoms with E-state index in [0.29, 0.717) is 10.8 Å². The van der Waals surface area contributed by atoms with E-state index in [9.17, 15) is 0 Å². The molecule has 0 aliphatic heterocycles. The van der Waals surface area contributed by atoms with Gasteiger partial charge in [-0.15, -0.1) is 11.8 Å². The fourth-order valence-corrected chi connectivity index (χ4v) is 1.83. The molecule has 0 bridgehead atoms. The summed E-state index contributed by atoms with van der Waals surface area (Å²) >= 11 is 7.22. The molecular formula is C8H10ClNO2S. The number of aliphatic hydroxyl groups is 2. The fourth-order valence-electron chi connectivity index (χ4n) is 0.718. The summed E-state index contributed by atoms with van der Waals surface area (Å²) in [5.41, 5.74) is 0. The van der Waals surface area contributed by atoms with Crippen molar-refractivity contribution in [1.82, 2.24) is 4.98 Å². The highest BCUT2D eigenvalue weighted by Crippen LogP contribution is 2.25. The Morgan fingerprint density at radius 3 is 3.00 bits per heavy atom. The summed E-state index contributed by atoms with van der Waals surface area (Å²) in [7, 11) is 0. The molecule has 0 radical (unpaired) electrons. The number of rotatable bonds is 4. The highest BCUT2D eigenvalue weighted by molar-refractivity contribution is 7.99. The van der Waals surface area contributed by atoms with Crippen molar-refractivity contribution in [3.05, 3.63) is 23.5 Å². The standard InChI is InChI=1S/C8H10ClNO2S/c9-7-3-10-2-1-8(7)13-5-6(12)4-11/h1-3,6,11-12H,4-5H2. The van der Waals surface area contributed by atoms with Gasteiger partial charge in [-0.2, -0.15) is 0 Å². The summed E-state index contributed by atoms with van der Waals surface area (Å²) in [5.74, 6) is 0.431. The maximum Gasteiger partial charge on any atom is 0.0864 e. The molecule has 1 unspecified atom stereocenters. The first-order valence-corrected chi connectivity index (χ1v) is 5.11. The Bertz CT molecular complexity index is 272. The maximum atomic E-state index is 9.08. The highest BCUT2D eigenvalue weighted by atomic mass is 35.5. The molecule has 1 atom stereocenters. The van der Waals surface area contributed by atoms with Crippen LogP contribution in [0.3, 0.4) is 0 Å². The van der Waals surface area contributed by atoms with Crippen LogP contribution in [-0.2, 0) is 0 Å². The van der Waals surface area contributed by atoms with Crippen molar-refractivity contribution in [2.24, 2.45) is 0 Å². The zero-order valence-corrected chi connectivity index (χ0v) is 8.42. The van der Waals surface area contributed by atoms with Gasteiger partial charge in [0.05, 0.1) is 17.7 Å². The van der Waals surface area contributed by atoms with E-state index in [1.54, 1.807) is 18.5 Å². The second kappa shape index (κ2) is 5.44. The van der Waals surface area contributed by atoms with Crippen LogP contribution >= 0.6 is 23.4 Å². The Morgan fingerprint density at radius 1 is 1.62 bits per heavy atom. The number of thioether (sulfide) groups is 1. The summed E-state index contributed by atoms with van der Waals surface area (Å²) < 4.78 is 0. The van der Waals surface area contributed by atoms with Crippen LogP contribution in [0.5, 0.6) is 0 Å². The van der Waals surface area contributed by atoms with Crippen molar-refractivity contribution >= 4 is 23.4 Å². The summed E-state index contributed by atoms with van der Waals surface area (Å²) in [6, 6.07) is 1.77. The first kappa shape index (κ1) is 10.8. The minimum Gasteiger partial charge on any atom is -0.394 e. The quantitative estimate of drug-likeness (QED) is 0.747. The van der Waals surface area contributed by atoms with E-state index in [-0.39, 0.29) is 6.61 Å². The van der Waals surface area contributed by atoms with Gasteiger partial charge in [-0.3, -0.25) is 4.98 Å². The van der Waals surface area contributed by atoms with Crippen molar-refractivity contribution in [2.45, 2.75) is 11.0 Å². The molecule has 1 aromatic rings. The molecule has 0 saturated heterocycles. The fraction of sp³-hybridized carbons (Fsp3) is 0.375. The van der Waals surface area contributed by atoms with Crippen molar-refractivity contribution in [3.63, 3.8) is 0 Å². The number of hydrogen-bond acceptors (Lipinski definition) is 4. The Morgan fingerprint density at radius 2 is 2.38 bits per heavy atom. The molecule has 2 N–H and O–H groups in total. The molecule has 0 aliphatic rings. The average Bonchev–Trinajstić information content (AvgIpc) is 2.16. The predicted octanol–water partition coefficient (Wildman–Crippen LogP) is 1.18. The van der Waals surface area contributed by atoms with E-state index in [0.717, 1.165) is 4.90 Å². The predicted molar refractivity (Wildman–Crippen MR) is 53.1 cm³/mol. The Labute approximate surface area is 85.8 Å². The molecule has 72 valence electrons. The van der Waals surface area contributed by atoms with Gasteiger partial charge >= 0.3 is 0 Å². The Kier molecular flexibility index (Phi) is 4.52. The first-order valence-electron chi connectivity index (χ1n) is 3.75. The molecule has 13 heavy (non-hydrogen) atoms. The molecule has 0 spiro atoms. The summed E-state index contributed by atoms with van der Waals surface area (Å²) in [6.45, 7) is -0.226. The summed E-state index contributed by atoms with van der Waals surface area (Å²) in [6.07, 6.45) is 2.49. The van der Waals surface area contributed by atoms with Crippen LogP contribution in [0.15, 0.2) is 23.4 Å². The maximum absolute atomic E-state index is 9.08. The van der Waals surface area contributed by atoms with Gasteiger partial charge < -0.3 is 10.2 Å². The van der Waals surface area contributed by atoms with Crippen LogP contribution in [0.2, 0.25) is 5.02 Å². The number of halogens is 1. The molecule has 1 heterocycles. The van der Waals surface area contributed by atoms with E-state index in [1.165, 1.54) is 11.8 Å². The third kappa shape index (κ3) is 3.52. The van der Waals surface area contributed by atoms with E-state index in [1.807, 2.05) is 0 Å². The largest absolute Gasteiger partial charge is 0.394 e. The van der Waals surface area contributed by atoms with Crippen LogP contribution in [0.1, 0.15) is 0 Å². The van der Waals surface area contributed by atoms with Gasteiger partial charge in [0.15, 0.2) is 0 Å². The van der Waals surface area contributed by atoms with Crippen LogP contribution < -0.4 is 0 Å². The van der Waals surface area contributed by atoms with Crippen LogP contribution in [-0.4, -0.2) is 33.7 Å². The van der Waals surface area contributed by atoms with Gasteiger partial charge in [0.1, 0.15) is 0 Å². The second-order valence-electron chi connectivity index (χ2n) is 2.45. The van der Waals surface area contributed by atoms with Crippen molar-refractivity contribution < 1.29 is 10.2 Å². The lowest BCUT2D eigenvalue weighted by Crippen LogP contribution is -2.14. The number of pyridine rings is 1. The van der Waals surface area contributed by atoms with E-state index in [4.69, 9.17) is 21.8 Å². The van der Waals surface area contributed by atoms with Crippen LogP contribution in [0.25, 0.3) is 0 Å². The van der Waals surface area contributed by atoms with Gasteiger partial charge in [0, 0.05) is 23.0 Å². The van der Waals surface area contributed by atoms with Gasteiger partial charge in [0.25, 0.3) is 0 Å². The molecule has 0 aromatic carbocycles. The Hall–Kier alpha value is -0.290. The number of nitrogens with zero attached hydrogens (tertiary/aromatic N) is 1. The lowest BCUT2D eigenvalue weighted by Gasteiger charge is -2.06. The molecule has 3 nitrogen and oxygen atoms in total. The van der Waals surface area contributed by atoms with Crippen molar-refractivity contribution in [2.75, 3.05) is 12.4 Å². The molecule has 0 aliphatic carbocycles. The van der Waals surface area contributed by atoms with E-state index in [2.05, 4.69) is 4.98 Å². The molecule has 5 heteroatoms. The molecule has 0 fully saturated rings. The second-order valence-corrected chi connectivity index (χ2v) is 3.92. The Balaban J connectivity index is 2.50. The number of hydrogen-bond donors (Lipinski definition) is 2. The summed E-state index contributed by atoms with van der Waals surface area (Å²) in [5, 5.41) is 18.2. The molecule has 1 aromatic heterocycles. The lowest BCUT2D eigenvalue weighted by molar-refractivity contribution is 0.113. The third-order valence-electron chi connectivity index (χ3n) is 1.38. The number of aliphatic hydroxyl groups excluding tert-OH is 2. The van der Waals surface area contributed by atoms with Gasteiger partial charge in [0.2, 0.25) is 0 Å². The summed E-state index contributed by atoms with van der Waals surface area (Å²) in [4.78, 5) is 4.70. The monoisotopic (exact) mass is 219 g/mol. The average molecular weight is 220 g/mol. The zero-order chi connectivity index (χ0) is 9.68. The van der Waals surface area contributed by atoms with Crippen LogP contribution in [0.4, 0.5) is 0 Å². The van der Waals surface area contributed by atoms with Gasteiger partial charge in [-0.1, -0.05) is 11.6 Å². The van der Waals surface area contributed by atoms with Gasteiger partial charge in [-0.05, 0) is 6.07 Å². The van der Waals surface area contributed by atoms with E-state index < -0.39 is 6.10 Å². The van der Waals surface area contributed by atoms with E-state index >= 15 is 0 Å². The minimum atomic E-state index is -0.700. The van der Waals surface area contributed by atoms with Crippen LogP contribution in [0, 0.1) is 0 Å². The molecule has 0 saturated carbocycles. The third-order valence-corrected chi connectivity index (χ3v) is 3.01. The highest BCUT2D eigenvalue weighted by Gasteiger charge is 2.05. The number of aromatic nitrogens is 1. The SMILES string of the molecule is OCC(O)CSc1ccncc1Cl. The molecule has 1 rings (SSSR count). The topological polar surface area (TPSA) is 53.4 Å². The smallest absolute Gasteiger partial charge is 0.0864 e. The first-order chi connectivity index (χ1) is 6.24.